The zero-order valence-corrected chi connectivity index (χ0v) is 10.6. The van der Waals surface area contributed by atoms with Gasteiger partial charge in [0.25, 0.3) is 0 Å². The molecule has 0 radical (unpaired) electrons. The second kappa shape index (κ2) is 5.76. The number of rotatable bonds is 4. The molecule has 2 atom stereocenters. The van der Waals surface area contributed by atoms with Crippen LogP contribution in [0.15, 0.2) is 54.6 Å². The fourth-order valence-corrected chi connectivity index (χ4v) is 1.96. The van der Waals surface area contributed by atoms with Crippen molar-refractivity contribution in [2.75, 3.05) is 0 Å². The van der Waals surface area contributed by atoms with E-state index in [1.807, 2.05) is 6.07 Å². The highest BCUT2D eigenvalue weighted by Gasteiger charge is 2.24. The normalized spacial score (nSPS) is 13.8. The van der Waals surface area contributed by atoms with E-state index in [9.17, 15) is 14.3 Å². The lowest BCUT2D eigenvalue weighted by Crippen LogP contribution is -2.19. The summed E-state index contributed by atoms with van der Waals surface area (Å²) in [5, 5.41) is 10.2. The van der Waals surface area contributed by atoms with Crippen molar-refractivity contribution in [2.24, 2.45) is 5.92 Å². The van der Waals surface area contributed by atoms with Gasteiger partial charge >= 0.3 is 0 Å². The van der Waals surface area contributed by atoms with Crippen LogP contribution in [0.25, 0.3) is 0 Å². The summed E-state index contributed by atoms with van der Waals surface area (Å²) in [5.41, 5.74) is 1.11. The molecular formula is C16H15FO2. The highest BCUT2D eigenvalue weighted by molar-refractivity contribution is 5.98. The standard InChI is InChI=1S/C16H15FO2/c1-11(15(18)12-5-3-2-4-6-12)16(19)13-7-9-14(17)10-8-13/h2-11,16,19H,1H3. The molecule has 0 amide bonds. The Bertz CT molecular complexity index is 549. The number of hydrogen-bond donors (Lipinski definition) is 1. The van der Waals surface area contributed by atoms with E-state index in [1.165, 1.54) is 24.3 Å². The maximum absolute atomic E-state index is 12.8. The van der Waals surface area contributed by atoms with Crippen molar-refractivity contribution in [2.45, 2.75) is 13.0 Å². The van der Waals surface area contributed by atoms with E-state index in [1.54, 1.807) is 31.2 Å². The molecular weight excluding hydrogens is 243 g/mol. The van der Waals surface area contributed by atoms with Gasteiger partial charge in [-0.1, -0.05) is 49.4 Å². The maximum atomic E-state index is 12.8. The summed E-state index contributed by atoms with van der Waals surface area (Å²) in [6, 6.07) is 14.4. The van der Waals surface area contributed by atoms with Gasteiger partial charge in [0.15, 0.2) is 5.78 Å². The predicted molar refractivity (Wildman–Crippen MR) is 71.3 cm³/mol. The van der Waals surface area contributed by atoms with Crippen LogP contribution >= 0.6 is 0 Å². The number of halogens is 1. The minimum atomic E-state index is -0.937. The van der Waals surface area contributed by atoms with Crippen LogP contribution in [-0.2, 0) is 0 Å². The molecule has 0 saturated heterocycles. The zero-order chi connectivity index (χ0) is 13.8. The van der Waals surface area contributed by atoms with Crippen LogP contribution in [-0.4, -0.2) is 10.9 Å². The lowest BCUT2D eigenvalue weighted by atomic mass is 9.90. The Morgan fingerprint density at radius 3 is 2.21 bits per heavy atom. The number of aliphatic hydroxyl groups excluding tert-OH is 1. The minimum absolute atomic E-state index is 0.127. The lowest BCUT2D eigenvalue weighted by Gasteiger charge is -2.18. The molecule has 0 bridgehead atoms. The van der Waals surface area contributed by atoms with Crippen molar-refractivity contribution in [1.29, 1.82) is 0 Å². The van der Waals surface area contributed by atoms with Gasteiger partial charge < -0.3 is 5.11 Å². The summed E-state index contributed by atoms with van der Waals surface area (Å²) in [7, 11) is 0. The Hall–Kier alpha value is -2.00. The molecule has 2 unspecified atom stereocenters. The summed E-state index contributed by atoms with van der Waals surface area (Å²) in [6.07, 6.45) is -0.937. The molecule has 19 heavy (non-hydrogen) atoms. The maximum Gasteiger partial charge on any atom is 0.168 e. The van der Waals surface area contributed by atoms with Gasteiger partial charge in [-0.25, -0.2) is 4.39 Å². The van der Waals surface area contributed by atoms with Gasteiger partial charge in [0, 0.05) is 11.5 Å². The van der Waals surface area contributed by atoms with E-state index in [-0.39, 0.29) is 11.6 Å². The molecule has 2 nitrogen and oxygen atoms in total. The molecule has 2 aromatic rings. The Morgan fingerprint density at radius 1 is 1.05 bits per heavy atom. The van der Waals surface area contributed by atoms with Gasteiger partial charge in [-0.3, -0.25) is 4.79 Å². The van der Waals surface area contributed by atoms with E-state index >= 15 is 0 Å². The smallest absolute Gasteiger partial charge is 0.168 e. The van der Waals surface area contributed by atoms with Gasteiger partial charge in [-0.2, -0.15) is 0 Å². The van der Waals surface area contributed by atoms with Crippen LogP contribution < -0.4 is 0 Å². The topological polar surface area (TPSA) is 37.3 Å². The first-order valence-corrected chi connectivity index (χ1v) is 6.12. The number of ketones is 1. The fourth-order valence-electron chi connectivity index (χ4n) is 1.96. The SMILES string of the molecule is CC(C(=O)c1ccccc1)C(O)c1ccc(F)cc1. The molecule has 2 rings (SSSR count). The number of Topliss-reactive ketones (excluding diaryl/α,β-unsaturated/α-hetero) is 1. The van der Waals surface area contributed by atoms with Gasteiger partial charge in [0.2, 0.25) is 0 Å². The zero-order valence-electron chi connectivity index (χ0n) is 10.6. The molecule has 1 N–H and O–H groups in total. The first kappa shape index (κ1) is 13.4. The second-order valence-electron chi connectivity index (χ2n) is 4.52. The quantitative estimate of drug-likeness (QED) is 0.854. The third-order valence-corrected chi connectivity index (χ3v) is 3.16. The molecule has 0 saturated carbocycles. The highest BCUT2D eigenvalue weighted by atomic mass is 19.1. The Morgan fingerprint density at radius 2 is 1.63 bits per heavy atom. The molecule has 0 aliphatic rings. The molecule has 0 aliphatic heterocycles. The van der Waals surface area contributed by atoms with Gasteiger partial charge in [-0.05, 0) is 17.7 Å². The predicted octanol–water partition coefficient (Wildman–Crippen LogP) is 3.38. The number of aliphatic hydroxyl groups is 1. The van der Waals surface area contributed by atoms with Crippen LogP contribution in [0, 0.1) is 11.7 Å². The van der Waals surface area contributed by atoms with Crippen LogP contribution in [0.5, 0.6) is 0 Å². The van der Waals surface area contributed by atoms with E-state index < -0.39 is 12.0 Å². The summed E-state index contributed by atoms with van der Waals surface area (Å²) < 4.78 is 12.8. The third-order valence-electron chi connectivity index (χ3n) is 3.16. The van der Waals surface area contributed by atoms with Crippen LogP contribution in [0.4, 0.5) is 4.39 Å². The number of carbonyl (C=O) groups is 1. The Labute approximate surface area is 111 Å². The molecule has 0 aromatic heterocycles. The van der Waals surface area contributed by atoms with Crippen LogP contribution in [0.3, 0.4) is 0 Å². The first-order valence-electron chi connectivity index (χ1n) is 6.12. The van der Waals surface area contributed by atoms with Gasteiger partial charge in [-0.15, -0.1) is 0 Å². The third kappa shape index (κ3) is 3.06. The average Bonchev–Trinajstić information content (AvgIpc) is 2.46. The molecule has 3 heteroatoms. The number of carbonyl (C=O) groups excluding carboxylic acids is 1. The second-order valence-corrected chi connectivity index (χ2v) is 4.52. The Kier molecular flexibility index (Phi) is 4.07. The molecule has 0 aliphatic carbocycles. The Balaban J connectivity index is 2.17. The minimum Gasteiger partial charge on any atom is -0.388 e. The van der Waals surface area contributed by atoms with Crippen LogP contribution in [0.1, 0.15) is 28.9 Å². The average molecular weight is 258 g/mol. The van der Waals surface area contributed by atoms with Crippen LogP contribution in [0.2, 0.25) is 0 Å². The molecule has 0 fully saturated rings. The molecule has 0 spiro atoms. The van der Waals surface area contributed by atoms with Gasteiger partial charge in [0.1, 0.15) is 5.82 Å². The molecule has 98 valence electrons. The van der Waals surface area contributed by atoms with Gasteiger partial charge in [0.05, 0.1) is 6.10 Å². The fraction of sp³-hybridized carbons (Fsp3) is 0.188. The summed E-state index contributed by atoms with van der Waals surface area (Å²) in [6.45, 7) is 1.67. The summed E-state index contributed by atoms with van der Waals surface area (Å²) >= 11 is 0. The first-order chi connectivity index (χ1) is 9.09. The largest absolute Gasteiger partial charge is 0.388 e. The van der Waals surface area contributed by atoms with Crippen molar-refractivity contribution in [3.8, 4) is 0 Å². The van der Waals surface area contributed by atoms with E-state index in [2.05, 4.69) is 0 Å². The lowest BCUT2D eigenvalue weighted by molar-refractivity contribution is 0.0713. The molecule has 2 aromatic carbocycles. The van der Waals surface area contributed by atoms with E-state index in [4.69, 9.17) is 0 Å². The number of hydrogen-bond acceptors (Lipinski definition) is 2. The molecule has 0 heterocycles. The van der Waals surface area contributed by atoms with E-state index in [0.717, 1.165) is 0 Å². The summed E-state index contributed by atoms with van der Waals surface area (Å²) in [4.78, 5) is 12.2. The van der Waals surface area contributed by atoms with E-state index in [0.29, 0.717) is 11.1 Å². The van der Waals surface area contributed by atoms with Crippen molar-refractivity contribution in [3.05, 3.63) is 71.5 Å². The summed E-state index contributed by atoms with van der Waals surface area (Å²) in [5.74, 6) is -1.07. The monoisotopic (exact) mass is 258 g/mol. The van der Waals surface area contributed by atoms with Crippen molar-refractivity contribution in [3.63, 3.8) is 0 Å². The van der Waals surface area contributed by atoms with Crippen molar-refractivity contribution >= 4 is 5.78 Å². The number of benzene rings is 2. The van der Waals surface area contributed by atoms with Crippen molar-refractivity contribution < 1.29 is 14.3 Å². The highest BCUT2D eigenvalue weighted by Crippen LogP contribution is 2.25. The van der Waals surface area contributed by atoms with Crippen molar-refractivity contribution in [1.82, 2.24) is 0 Å².